The molecular formula is C19H19ClN4O. The Hall–Kier alpha value is -2.58. The highest BCUT2D eigenvalue weighted by Gasteiger charge is 2.27. The fraction of sp³-hybridized carbons (Fsp3) is 0.316. The lowest BCUT2D eigenvalue weighted by Gasteiger charge is -2.34. The summed E-state index contributed by atoms with van der Waals surface area (Å²) in [6.07, 6.45) is 1.72. The van der Waals surface area contributed by atoms with E-state index < -0.39 is 0 Å². The van der Waals surface area contributed by atoms with Gasteiger partial charge in [-0.2, -0.15) is 5.26 Å². The summed E-state index contributed by atoms with van der Waals surface area (Å²) in [6.45, 7) is 3.29. The maximum atomic E-state index is 12.6. The molecule has 1 fully saturated rings. The molecule has 0 radical (unpaired) electrons. The Morgan fingerprint density at radius 2 is 2.24 bits per heavy atom. The third-order valence-electron chi connectivity index (χ3n) is 4.35. The fourth-order valence-electron chi connectivity index (χ4n) is 3.12. The highest BCUT2D eigenvalue weighted by Crippen LogP contribution is 2.28. The predicted octanol–water partition coefficient (Wildman–Crippen LogP) is 3.77. The largest absolute Gasteiger partial charge is 0.370 e. The highest BCUT2D eigenvalue weighted by atomic mass is 35.5. The smallest absolute Gasteiger partial charge is 0.230 e. The Morgan fingerprint density at radius 3 is 3.00 bits per heavy atom. The van der Waals surface area contributed by atoms with Gasteiger partial charge in [-0.15, -0.1) is 0 Å². The van der Waals surface area contributed by atoms with E-state index in [0.29, 0.717) is 22.9 Å². The molecule has 0 saturated carbocycles. The van der Waals surface area contributed by atoms with E-state index >= 15 is 0 Å². The van der Waals surface area contributed by atoms with Gasteiger partial charge in [0, 0.05) is 23.8 Å². The zero-order valence-corrected chi connectivity index (χ0v) is 14.8. The minimum absolute atomic E-state index is 0.0322. The molecule has 0 bridgehead atoms. The van der Waals surface area contributed by atoms with Gasteiger partial charge in [-0.25, -0.2) is 4.98 Å². The number of piperidine rings is 1. The van der Waals surface area contributed by atoms with E-state index in [4.69, 9.17) is 11.6 Å². The second-order valence-corrected chi connectivity index (χ2v) is 6.65. The van der Waals surface area contributed by atoms with Crippen LogP contribution in [-0.2, 0) is 4.79 Å². The summed E-state index contributed by atoms with van der Waals surface area (Å²) in [5.41, 5.74) is 2.23. The van der Waals surface area contributed by atoms with Gasteiger partial charge in [0.15, 0.2) is 0 Å². The quantitative estimate of drug-likeness (QED) is 0.910. The summed E-state index contributed by atoms with van der Waals surface area (Å²) < 4.78 is 0. The molecule has 1 unspecified atom stereocenters. The maximum Gasteiger partial charge on any atom is 0.230 e. The lowest BCUT2D eigenvalue weighted by atomic mass is 9.96. The van der Waals surface area contributed by atoms with Crippen LogP contribution in [0, 0.1) is 24.2 Å². The Kier molecular flexibility index (Phi) is 5.20. The predicted molar refractivity (Wildman–Crippen MR) is 98.7 cm³/mol. The van der Waals surface area contributed by atoms with E-state index in [9.17, 15) is 10.1 Å². The van der Waals surface area contributed by atoms with Gasteiger partial charge in [-0.1, -0.05) is 17.7 Å². The van der Waals surface area contributed by atoms with Gasteiger partial charge in [0.1, 0.15) is 11.9 Å². The Bertz CT molecular complexity index is 830. The molecule has 2 aromatic rings. The number of hydrogen-bond acceptors (Lipinski definition) is 4. The van der Waals surface area contributed by atoms with E-state index in [-0.39, 0.29) is 11.8 Å². The number of benzene rings is 1. The van der Waals surface area contributed by atoms with Gasteiger partial charge in [0.25, 0.3) is 0 Å². The number of halogens is 1. The molecule has 0 spiro atoms. The summed E-state index contributed by atoms with van der Waals surface area (Å²) in [5.74, 6) is 0.403. The van der Waals surface area contributed by atoms with Crippen molar-refractivity contribution in [3.63, 3.8) is 0 Å². The molecule has 1 atom stereocenters. The first-order valence-corrected chi connectivity index (χ1v) is 8.64. The van der Waals surface area contributed by atoms with Gasteiger partial charge >= 0.3 is 0 Å². The number of carbonyl (C=O) groups is 1. The third kappa shape index (κ3) is 4.09. The molecule has 1 aromatic heterocycles. The molecule has 1 saturated heterocycles. The number of amides is 1. The molecule has 5 nitrogen and oxygen atoms in total. The average molecular weight is 355 g/mol. The van der Waals surface area contributed by atoms with Crippen molar-refractivity contribution in [3.8, 4) is 6.07 Å². The summed E-state index contributed by atoms with van der Waals surface area (Å²) in [5, 5.41) is 12.8. The first-order chi connectivity index (χ1) is 12.1. The van der Waals surface area contributed by atoms with E-state index in [1.807, 2.05) is 25.1 Å². The van der Waals surface area contributed by atoms with E-state index in [2.05, 4.69) is 21.3 Å². The van der Waals surface area contributed by atoms with Crippen molar-refractivity contribution >= 4 is 29.0 Å². The fourth-order valence-corrected chi connectivity index (χ4v) is 3.30. The molecular weight excluding hydrogens is 336 g/mol. The van der Waals surface area contributed by atoms with Crippen molar-refractivity contribution in [2.45, 2.75) is 19.8 Å². The average Bonchev–Trinajstić information content (AvgIpc) is 2.61. The van der Waals surface area contributed by atoms with Crippen molar-refractivity contribution in [2.24, 2.45) is 5.92 Å². The van der Waals surface area contributed by atoms with Crippen LogP contribution >= 0.6 is 11.6 Å². The molecule has 1 aliphatic heterocycles. The lowest BCUT2D eigenvalue weighted by molar-refractivity contribution is -0.120. The molecule has 0 aliphatic carbocycles. The highest BCUT2D eigenvalue weighted by molar-refractivity contribution is 6.30. The second kappa shape index (κ2) is 7.54. The third-order valence-corrected chi connectivity index (χ3v) is 4.59. The number of rotatable bonds is 3. The van der Waals surface area contributed by atoms with Crippen molar-refractivity contribution in [1.29, 1.82) is 5.26 Å². The number of pyridine rings is 1. The SMILES string of the molecule is Cc1cccc(NC(=O)C2CCCN(c3ccc(Cl)cc3C#N)C2)n1. The lowest BCUT2D eigenvalue weighted by Crippen LogP contribution is -2.41. The molecule has 1 amide bonds. The zero-order chi connectivity index (χ0) is 17.8. The van der Waals surface area contributed by atoms with Gasteiger partial charge in [0.05, 0.1) is 17.2 Å². The van der Waals surface area contributed by atoms with Crippen molar-refractivity contribution < 1.29 is 4.79 Å². The maximum absolute atomic E-state index is 12.6. The van der Waals surface area contributed by atoms with Crippen LogP contribution in [-0.4, -0.2) is 24.0 Å². The number of hydrogen-bond donors (Lipinski definition) is 1. The molecule has 2 heterocycles. The van der Waals surface area contributed by atoms with Crippen molar-refractivity contribution in [2.75, 3.05) is 23.3 Å². The normalized spacial score (nSPS) is 17.0. The summed E-state index contributed by atoms with van der Waals surface area (Å²) in [4.78, 5) is 19.0. The topological polar surface area (TPSA) is 69.0 Å². The van der Waals surface area contributed by atoms with Crippen LogP contribution in [0.2, 0.25) is 5.02 Å². The molecule has 1 aliphatic rings. The number of nitrogens with one attached hydrogen (secondary N) is 1. The van der Waals surface area contributed by atoms with Crippen LogP contribution in [0.3, 0.4) is 0 Å². The second-order valence-electron chi connectivity index (χ2n) is 6.21. The molecule has 128 valence electrons. The first kappa shape index (κ1) is 17.2. The minimum atomic E-state index is -0.140. The molecule has 1 aromatic carbocycles. The van der Waals surface area contributed by atoms with Crippen LogP contribution < -0.4 is 10.2 Å². The van der Waals surface area contributed by atoms with E-state index in [0.717, 1.165) is 30.8 Å². The van der Waals surface area contributed by atoms with E-state index in [1.54, 1.807) is 18.2 Å². The number of nitrogens with zero attached hydrogens (tertiary/aromatic N) is 3. The molecule has 6 heteroatoms. The van der Waals surface area contributed by atoms with Gasteiger partial charge in [0.2, 0.25) is 5.91 Å². The van der Waals surface area contributed by atoms with Crippen LogP contribution in [0.1, 0.15) is 24.1 Å². The number of carbonyl (C=O) groups excluding carboxylic acids is 1. The number of aromatic nitrogens is 1. The molecule has 3 rings (SSSR count). The van der Waals surface area contributed by atoms with Crippen molar-refractivity contribution in [3.05, 3.63) is 52.7 Å². The Balaban J connectivity index is 1.73. The Labute approximate surface area is 152 Å². The number of aryl methyl sites for hydroxylation is 1. The summed E-state index contributed by atoms with van der Waals surface area (Å²) in [6, 6.07) is 13.0. The zero-order valence-electron chi connectivity index (χ0n) is 14.0. The monoisotopic (exact) mass is 354 g/mol. The van der Waals surface area contributed by atoms with Crippen LogP contribution in [0.5, 0.6) is 0 Å². The summed E-state index contributed by atoms with van der Waals surface area (Å²) >= 11 is 5.98. The minimum Gasteiger partial charge on any atom is -0.370 e. The van der Waals surface area contributed by atoms with Crippen LogP contribution in [0.4, 0.5) is 11.5 Å². The van der Waals surface area contributed by atoms with Gasteiger partial charge in [-0.3, -0.25) is 4.79 Å². The van der Waals surface area contributed by atoms with Gasteiger partial charge in [-0.05, 0) is 50.1 Å². The van der Waals surface area contributed by atoms with Crippen LogP contribution in [0.15, 0.2) is 36.4 Å². The summed E-state index contributed by atoms with van der Waals surface area (Å²) in [7, 11) is 0. The Morgan fingerprint density at radius 1 is 1.40 bits per heavy atom. The first-order valence-electron chi connectivity index (χ1n) is 8.26. The van der Waals surface area contributed by atoms with Gasteiger partial charge < -0.3 is 10.2 Å². The molecule has 1 N–H and O–H groups in total. The van der Waals surface area contributed by atoms with E-state index in [1.165, 1.54) is 0 Å². The number of nitriles is 1. The van der Waals surface area contributed by atoms with Crippen LogP contribution in [0.25, 0.3) is 0 Å². The molecule has 25 heavy (non-hydrogen) atoms. The van der Waals surface area contributed by atoms with Crippen molar-refractivity contribution in [1.82, 2.24) is 4.98 Å². The number of anilines is 2. The standard InChI is InChI=1S/C19H19ClN4O/c1-13-4-2-6-18(22-13)23-19(25)14-5-3-9-24(12-14)17-8-7-16(20)10-15(17)11-21/h2,4,6-8,10,14H,3,5,9,12H2,1H3,(H,22,23,25).